The minimum atomic E-state index is -1.03. The second kappa shape index (κ2) is 6.58. The van der Waals surface area contributed by atoms with Gasteiger partial charge < -0.3 is 14.8 Å². The second-order valence-corrected chi connectivity index (χ2v) is 5.18. The first kappa shape index (κ1) is 15.3. The molecule has 0 aromatic carbocycles. The van der Waals surface area contributed by atoms with Gasteiger partial charge in [-0.3, -0.25) is 4.68 Å². The van der Waals surface area contributed by atoms with Crippen molar-refractivity contribution in [3.63, 3.8) is 0 Å². The average Bonchev–Trinajstić information content (AvgIpc) is 2.93. The molecule has 0 radical (unpaired) electrons. The number of carboxylic acid groups (broad SMARTS) is 1. The van der Waals surface area contributed by atoms with Crippen molar-refractivity contribution in [1.29, 1.82) is 0 Å². The summed E-state index contributed by atoms with van der Waals surface area (Å²) < 4.78 is 7.17. The molecule has 0 amide bonds. The molecule has 0 saturated heterocycles. The smallest absolute Gasteiger partial charge is 0.371 e. The molecule has 0 aliphatic heterocycles. The fourth-order valence-corrected chi connectivity index (χ4v) is 2.28. The van der Waals surface area contributed by atoms with E-state index in [0.717, 1.165) is 30.8 Å². The Morgan fingerprint density at radius 2 is 2.14 bits per heavy atom. The monoisotopic (exact) mass is 291 g/mol. The van der Waals surface area contributed by atoms with Crippen LogP contribution < -0.4 is 5.32 Å². The lowest BCUT2D eigenvalue weighted by atomic mass is 10.2. The van der Waals surface area contributed by atoms with E-state index in [4.69, 9.17) is 9.52 Å². The zero-order valence-electron chi connectivity index (χ0n) is 12.6. The third-order valence-corrected chi connectivity index (χ3v) is 3.37. The number of hydrogen-bond donors (Lipinski definition) is 2. The summed E-state index contributed by atoms with van der Waals surface area (Å²) in [5.74, 6) is -0.390. The number of hydrogen-bond acceptors (Lipinski definition) is 4. The van der Waals surface area contributed by atoms with Crippen LogP contribution in [0.2, 0.25) is 0 Å². The number of aromatic nitrogens is 2. The summed E-state index contributed by atoms with van der Waals surface area (Å²) in [5, 5.41) is 16.6. The minimum Gasteiger partial charge on any atom is -0.475 e. The zero-order valence-corrected chi connectivity index (χ0v) is 12.6. The molecule has 2 aromatic heterocycles. The van der Waals surface area contributed by atoms with Crippen LogP contribution in [0.3, 0.4) is 0 Å². The third-order valence-electron chi connectivity index (χ3n) is 3.37. The van der Waals surface area contributed by atoms with Crippen LogP contribution in [0.4, 0.5) is 0 Å². The number of nitrogens with zero attached hydrogens (tertiary/aromatic N) is 2. The van der Waals surface area contributed by atoms with Gasteiger partial charge >= 0.3 is 5.97 Å². The molecular weight excluding hydrogens is 270 g/mol. The van der Waals surface area contributed by atoms with Gasteiger partial charge in [0.1, 0.15) is 5.76 Å². The molecule has 6 nitrogen and oxygen atoms in total. The maximum Gasteiger partial charge on any atom is 0.371 e. The molecule has 0 bridgehead atoms. The summed E-state index contributed by atoms with van der Waals surface area (Å²) in [6.45, 7) is 8.14. The molecule has 0 unspecified atom stereocenters. The van der Waals surface area contributed by atoms with Crippen molar-refractivity contribution in [2.24, 2.45) is 0 Å². The lowest BCUT2D eigenvalue weighted by Gasteiger charge is -2.06. The predicted molar refractivity (Wildman–Crippen MR) is 78.4 cm³/mol. The lowest BCUT2D eigenvalue weighted by Crippen LogP contribution is -2.17. The molecule has 2 aromatic rings. The van der Waals surface area contributed by atoms with Gasteiger partial charge in [-0.1, -0.05) is 0 Å². The summed E-state index contributed by atoms with van der Waals surface area (Å²) in [4.78, 5) is 10.8. The van der Waals surface area contributed by atoms with Gasteiger partial charge in [-0.15, -0.1) is 0 Å². The molecule has 114 valence electrons. The van der Waals surface area contributed by atoms with E-state index in [1.54, 1.807) is 13.0 Å². The first-order valence-electron chi connectivity index (χ1n) is 7.01. The van der Waals surface area contributed by atoms with E-state index < -0.39 is 5.97 Å². The second-order valence-electron chi connectivity index (χ2n) is 5.18. The van der Waals surface area contributed by atoms with Crippen LogP contribution in [0.15, 0.2) is 16.5 Å². The Hall–Kier alpha value is -2.08. The van der Waals surface area contributed by atoms with Crippen LogP contribution in [0.5, 0.6) is 0 Å². The summed E-state index contributed by atoms with van der Waals surface area (Å²) >= 11 is 0. The molecule has 21 heavy (non-hydrogen) atoms. The van der Waals surface area contributed by atoms with Crippen LogP contribution >= 0.6 is 0 Å². The molecule has 0 saturated carbocycles. The molecule has 6 heteroatoms. The Kier molecular flexibility index (Phi) is 4.80. The number of nitrogens with one attached hydrogen (secondary N) is 1. The first-order valence-corrected chi connectivity index (χ1v) is 7.01. The van der Waals surface area contributed by atoms with Gasteiger partial charge in [-0.2, -0.15) is 5.10 Å². The van der Waals surface area contributed by atoms with Crippen LogP contribution in [0, 0.1) is 20.8 Å². The number of carbonyl (C=O) groups is 1. The summed E-state index contributed by atoms with van der Waals surface area (Å²) in [6.07, 6.45) is 0.963. The molecule has 0 aliphatic carbocycles. The lowest BCUT2D eigenvalue weighted by molar-refractivity contribution is 0.0661. The maximum atomic E-state index is 10.8. The number of aromatic carboxylic acids is 1. The Labute approximate surface area is 123 Å². The van der Waals surface area contributed by atoms with Crippen LogP contribution in [-0.2, 0) is 13.1 Å². The van der Waals surface area contributed by atoms with Crippen LogP contribution in [0.1, 0.15) is 39.7 Å². The van der Waals surface area contributed by atoms with Gasteiger partial charge in [0.2, 0.25) is 5.76 Å². The van der Waals surface area contributed by atoms with E-state index in [1.165, 1.54) is 5.69 Å². The van der Waals surface area contributed by atoms with Gasteiger partial charge in [-0.25, -0.2) is 4.79 Å². The SMILES string of the molecule is Cc1cc(C)n(CCCNCc2cc(C(=O)O)oc2C)n1. The summed E-state index contributed by atoms with van der Waals surface area (Å²) in [6, 6.07) is 3.64. The highest BCUT2D eigenvalue weighted by Gasteiger charge is 2.12. The van der Waals surface area contributed by atoms with Gasteiger partial charge in [0.25, 0.3) is 0 Å². The highest BCUT2D eigenvalue weighted by Crippen LogP contribution is 2.14. The molecule has 0 atom stereocenters. The fraction of sp³-hybridized carbons (Fsp3) is 0.467. The van der Waals surface area contributed by atoms with Gasteiger partial charge in [0.15, 0.2) is 0 Å². The topological polar surface area (TPSA) is 80.3 Å². The molecule has 2 heterocycles. The number of furan rings is 1. The fourth-order valence-electron chi connectivity index (χ4n) is 2.28. The number of aryl methyl sites for hydroxylation is 4. The molecule has 2 N–H and O–H groups in total. The molecule has 0 fully saturated rings. The van der Waals surface area contributed by atoms with E-state index in [-0.39, 0.29) is 5.76 Å². The van der Waals surface area contributed by atoms with Crippen molar-refractivity contribution < 1.29 is 14.3 Å². The predicted octanol–water partition coefficient (Wildman–Crippen LogP) is 2.28. The number of carboxylic acids is 1. The van der Waals surface area contributed by atoms with Crippen molar-refractivity contribution in [1.82, 2.24) is 15.1 Å². The standard InChI is InChI=1S/C15H21N3O3/c1-10-7-11(2)18(17-10)6-4-5-16-9-13-8-14(15(19)20)21-12(13)3/h7-8,16H,4-6,9H2,1-3H3,(H,19,20). The Bertz CT molecular complexity index is 628. The third kappa shape index (κ3) is 3.95. The Morgan fingerprint density at radius 3 is 2.71 bits per heavy atom. The van der Waals surface area contributed by atoms with Gasteiger partial charge in [0, 0.05) is 24.3 Å². The number of rotatable bonds is 7. The molecule has 2 rings (SSSR count). The molecular formula is C15H21N3O3. The van der Waals surface area contributed by atoms with Crippen LogP contribution in [0.25, 0.3) is 0 Å². The Morgan fingerprint density at radius 1 is 1.38 bits per heavy atom. The minimum absolute atomic E-state index is 0.00746. The van der Waals surface area contributed by atoms with Gasteiger partial charge in [-0.05, 0) is 45.9 Å². The average molecular weight is 291 g/mol. The van der Waals surface area contributed by atoms with Crippen molar-refractivity contribution in [3.05, 3.63) is 40.6 Å². The van der Waals surface area contributed by atoms with Crippen molar-refractivity contribution in [2.75, 3.05) is 6.54 Å². The normalized spacial score (nSPS) is 11.0. The van der Waals surface area contributed by atoms with Crippen molar-refractivity contribution in [2.45, 2.75) is 40.3 Å². The van der Waals surface area contributed by atoms with Crippen molar-refractivity contribution >= 4 is 5.97 Å². The van der Waals surface area contributed by atoms with E-state index in [1.807, 2.05) is 11.6 Å². The van der Waals surface area contributed by atoms with E-state index in [0.29, 0.717) is 12.3 Å². The van der Waals surface area contributed by atoms with E-state index in [9.17, 15) is 4.79 Å². The van der Waals surface area contributed by atoms with Gasteiger partial charge in [0.05, 0.1) is 5.69 Å². The molecule has 0 spiro atoms. The van der Waals surface area contributed by atoms with E-state index >= 15 is 0 Å². The maximum absolute atomic E-state index is 10.8. The summed E-state index contributed by atoms with van der Waals surface area (Å²) in [5.41, 5.74) is 3.10. The van der Waals surface area contributed by atoms with Crippen molar-refractivity contribution in [3.8, 4) is 0 Å². The highest BCUT2D eigenvalue weighted by atomic mass is 16.4. The largest absolute Gasteiger partial charge is 0.475 e. The quantitative estimate of drug-likeness (QED) is 0.765. The zero-order chi connectivity index (χ0) is 15.4. The molecule has 0 aliphatic rings. The van der Waals surface area contributed by atoms with Crippen LogP contribution in [-0.4, -0.2) is 27.4 Å². The summed E-state index contributed by atoms with van der Waals surface area (Å²) in [7, 11) is 0. The first-order chi connectivity index (χ1) is 9.97. The van der Waals surface area contributed by atoms with E-state index in [2.05, 4.69) is 23.4 Å². The highest BCUT2D eigenvalue weighted by molar-refractivity contribution is 5.84. The Balaban J connectivity index is 1.75.